The minimum atomic E-state index is 0.226. The number of hydrogen-bond acceptors (Lipinski definition) is 3. The summed E-state index contributed by atoms with van der Waals surface area (Å²) in [7, 11) is 0. The minimum Gasteiger partial charge on any atom is -0.379 e. The Morgan fingerprint density at radius 1 is 1.14 bits per heavy atom. The summed E-state index contributed by atoms with van der Waals surface area (Å²) in [5.41, 5.74) is 5.40. The molecule has 14 heavy (non-hydrogen) atoms. The van der Waals surface area contributed by atoms with Crippen LogP contribution in [0, 0.1) is 0 Å². The predicted molar refractivity (Wildman–Crippen MR) is 59.4 cm³/mol. The van der Waals surface area contributed by atoms with E-state index >= 15 is 0 Å². The second kappa shape index (κ2) is 11.0. The number of rotatable bonds is 10. The van der Waals surface area contributed by atoms with Crippen LogP contribution < -0.4 is 5.73 Å². The summed E-state index contributed by atoms with van der Waals surface area (Å²) in [5, 5.41) is 0. The fourth-order valence-corrected chi connectivity index (χ4v) is 1.22. The molecule has 0 aliphatic heterocycles. The van der Waals surface area contributed by atoms with Crippen molar-refractivity contribution in [1.82, 2.24) is 0 Å². The van der Waals surface area contributed by atoms with E-state index in [2.05, 4.69) is 6.92 Å². The smallest absolute Gasteiger partial charge is 0.0780 e. The van der Waals surface area contributed by atoms with Crippen LogP contribution in [0.25, 0.3) is 0 Å². The molecule has 0 amide bonds. The Bertz CT molecular complexity index is 109. The van der Waals surface area contributed by atoms with Crippen LogP contribution in [-0.4, -0.2) is 32.5 Å². The first-order valence-corrected chi connectivity index (χ1v) is 5.70. The van der Waals surface area contributed by atoms with Gasteiger partial charge in [0.2, 0.25) is 0 Å². The average molecular weight is 203 g/mol. The molecular formula is C11H25NO2. The van der Waals surface area contributed by atoms with Crippen molar-refractivity contribution < 1.29 is 9.47 Å². The molecule has 0 heterocycles. The number of hydrogen-bond donors (Lipinski definition) is 1. The summed E-state index contributed by atoms with van der Waals surface area (Å²) in [5.74, 6) is 0. The summed E-state index contributed by atoms with van der Waals surface area (Å²) in [6.07, 6.45) is 4.94. The van der Waals surface area contributed by atoms with E-state index < -0.39 is 0 Å². The Labute approximate surface area is 88.0 Å². The normalized spacial score (nSPS) is 13.1. The van der Waals surface area contributed by atoms with E-state index in [4.69, 9.17) is 15.2 Å². The van der Waals surface area contributed by atoms with Crippen LogP contribution in [0.5, 0.6) is 0 Å². The van der Waals surface area contributed by atoms with Gasteiger partial charge in [-0.15, -0.1) is 0 Å². The number of unbranched alkanes of at least 4 members (excludes halogenated alkanes) is 3. The molecule has 86 valence electrons. The van der Waals surface area contributed by atoms with Gasteiger partial charge in [0.15, 0.2) is 0 Å². The van der Waals surface area contributed by atoms with Crippen LogP contribution in [0.15, 0.2) is 0 Å². The van der Waals surface area contributed by atoms with Crippen LogP contribution in [0.2, 0.25) is 0 Å². The van der Waals surface area contributed by atoms with Gasteiger partial charge in [-0.25, -0.2) is 0 Å². The third-order valence-electron chi connectivity index (χ3n) is 2.06. The lowest BCUT2D eigenvalue weighted by Gasteiger charge is -2.12. The summed E-state index contributed by atoms with van der Waals surface area (Å²) < 4.78 is 10.8. The zero-order valence-electron chi connectivity index (χ0n) is 9.63. The van der Waals surface area contributed by atoms with Gasteiger partial charge in [-0.2, -0.15) is 0 Å². The molecule has 0 saturated heterocycles. The first-order chi connectivity index (χ1) is 6.81. The van der Waals surface area contributed by atoms with E-state index in [9.17, 15) is 0 Å². The monoisotopic (exact) mass is 203 g/mol. The Morgan fingerprint density at radius 3 is 2.50 bits per heavy atom. The summed E-state index contributed by atoms with van der Waals surface area (Å²) in [4.78, 5) is 0. The van der Waals surface area contributed by atoms with Gasteiger partial charge in [0.05, 0.1) is 12.7 Å². The molecule has 1 atom stereocenters. The zero-order chi connectivity index (χ0) is 10.6. The fraction of sp³-hybridized carbons (Fsp3) is 1.00. The van der Waals surface area contributed by atoms with E-state index in [1.807, 2.05) is 6.92 Å². The quantitative estimate of drug-likeness (QED) is 0.552. The van der Waals surface area contributed by atoms with Crippen molar-refractivity contribution in [3.8, 4) is 0 Å². The molecule has 0 saturated carbocycles. The highest BCUT2D eigenvalue weighted by molar-refractivity contribution is 4.48. The fourth-order valence-electron chi connectivity index (χ4n) is 1.22. The summed E-state index contributed by atoms with van der Waals surface area (Å²) in [6.45, 7) is 7.18. The van der Waals surface area contributed by atoms with E-state index in [0.29, 0.717) is 6.61 Å². The standard InChI is InChI=1S/C11H25NO2/c1-3-13-10-11(2)14-9-7-5-4-6-8-12/h11H,3-10,12H2,1-2H3. The Balaban J connectivity index is 3.02. The van der Waals surface area contributed by atoms with E-state index in [-0.39, 0.29) is 6.10 Å². The van der Waals surface area contributed by atoms with Gasteiger partial charge in [-0.05, 0) is 33.2 Å². The maximum Gasteiger partial charge on any atom is 0.0780 e. The van der Waals surface area contributed by atoms with Gasteiger partial charge >= 0.3 is 0 Å². The van der Waals surface area contributed by atoms with Crippen LogP contribution >= 0.6 is 0 Å². The van der Waals surface area contributed by atoms with Crippen molar-refractivity contribution in [2.75, 3.05) is 26.4 Å². The molecule has 3 heteroatoms. The topological polar surface area (TPSA) is 44.5 Å². The third-order valence-corrected chi connectivity index (χ3v) is 2.06. The minimum absolute atomic E-state index is 0.226. The van der Waals surface area contributed by atoms with Crippen molar-refractivity contribution in [2.24, 2.45) is 5.73 Å². The SMILES string of the molecule is CCOCC(C)OCCCCCCN. The van der Waals surface area contributed by atoms with Crippen LogP contribution in [0.3, 0.4) is 0 Å². The molecule has 1 unspecified atom stereocenters. The Kier molecular flexibility index (Phi) is 10.9. The summed E-state index contributed by atoms with van der Waals surface area (Å²) >= 11 is 0. The number of nitrogens with two attached hydrogens (primary N) is 1. The molecule has 0 aromatic rings. The van der Waals surface area contributed by atoms with Gasteiger partial charge in [0, 0.05) is 13.2 Å². The maximum atomic E-state index is 5.57. The van der Waals surface area contributed by atoms with Crippen molar-refractivity contribution in [3.05, 3.63) is 0 Å². The summed E-state index contributed by atoms with van der Waals surface area (Å²) in [6, 6.07) is 0. The molecule has 0 rings (SSSR count). The highest BCUT2D eigenvalue weighted by Gasteiger charge is 2.00. The van der Waals surface area contributed by atoms with Crippen molar-refractivity contribution >= 4 is 0 Å². The lowest BCUT2D eigenvalue weighted by atomic mass is 10.2. The van der Waals surface area contributed by atoms with Crippen molar-refractivity contribution in [1.29, 1.82) is 0 Å². The largest absolute Gasteiger partial charge is 0.379 e. The van der Waals surface area contributed by atoms with E-state index in [1.54, 1.807) is 0 Å². The van der Waals surface area contributed by atoms with Crippen molar-refractivity contribution in [3.63, 3.8) is 0 Å². The highest BCUT2D eigenvalue weighted by atomic mass is 16.5. The molecule has 0 bridgehead atoms. The molecule has 0 fully saturated rings. The van der Waals surface area contributed by atoms with Gasteiger partial charge in [-0.3, -0.25) is 0 Å². The average Bonchev–Trinajstić information content (AvgIpc) is 2.20. The molecule has 0 radical (unpaired) electrons. The lowest BCUT2D eigenvalue weighted by Crippen LogP contribution is -2.16. The van der Waals surface area contributed by atoms with E-state index in [1.165, 1.54) is 12.8 Å². The van der Waals surface area contributed by atoms with Gasteiger partial charge in [0.1, 0.15) is 0 Å². The third kappa shape index (κ3) is 9.96. The lowest BCUT2D eigenvalue weighted by molar-refractivity contribution is -0.00457. The van der Waals surface area contributed by atoms with Crippen molar-refractivity contribution in [2.45, 2.75) is 45.6 Å². The Morgan fingerprint density at radius 2 is 1.86 bits per heavy atom. The van der Waals surface area contributed by atoms with E-state index in [0.717, 1.165) is 32.6 Å². The highest BCUT2D eigenvalue weighted by Crippen LogP contribution is 2.01. The first kappa shape index (κ1) is 13.9. The van der Waals surface area contributed by atoms with Gasteiger partial charge < -0.3 is 15.2 Å². The molecular weight excluding hydrogens is 178 g/mol. The zero-order valence-corrected chi connectivity index (χ0v) is 9.63. The molecule has 0 spiro atoms. The molecule has 0 aliphatic carbocycles. The molecule has 0 aromatic carbocycles. The molecule has 0 aromatic heterocycles. The molecule has 2 N–H and O–H groups in total. The second-order valence-corrected chi connectivity index (χ2v) is 3.54. The molecule has 0 aliphatic rings. The van der Waals surface area contributed by atoms with Gasteiger partial charge in [0.25, 0.3) is 0 Å². The Hall–Kier alpha value is -0.120. The van der Waals surface area contributed by atoms with Gasteiger partial charge in [-0.1, -0.05) is 12.8 Å². The first-order valence-electron chi connectivity index (χ1n) is 5.70. The van der Waals surface area contributed by atoms with Crippen LogP contribution in [0.1, 0.15) is 39.5 Å². The maximum absolute atomic E-state index is 5.57. The second-order valence-electron chi connectivity index (χ2n) is 3.54. The molecule has 3 nitrogen and oxygen atoms in total. The predicted octanol–water partition coefficient (Wildman–Crippen LogP) is 1.95. The number of ether oxygens (including phenoxy) is 2. The van der Waals surface area contributed by atoms with Crippen LogP contribution in [0.4, 0.5) is 0 Å². The van der Waals surface area contributed by atoms with Crippen LogP contribution in [-0.2, 0) is 9.47 Å².